The molecule has 0 amide bonds. The SMILES string of the molecule is CC(CC(O)=C(CO)C(=O)O)[N+](=O)[O-]. The highest BCUT2D eigenvalue weighted by Gasteiger charge is 2.20. The van der Waals surface area contributed by atoms with E-state index in [0.29, 0.717) is 0 Å². The van der Waals surface area contributed by atoms with Gasteiger partial charge in [-0.25, -0.2) is 4.79 Å². The van der Waals surface area contributed by atoms with Gasteiger partial charge in [0, 0.05) is 11.8 Å². The van der Waals surface area contributed by atoms with Crippen LogP contribution in [0.1, 0.15) is 13.3 Å². The molecule has 7 heteroatoms. The second kappa shape index (κ2) is 5.18. The Morgan fingerprint density at radius 2 is 2.00 bits per heavy atom. The average molecular weight is 205 g/mol. The van der Waals surface area contributed by atoms with Crippen molar-refractivity contribution < 1.29 is 25.0 Å². The van der Waals surface area contributed by atoms with Gasteiger partial charge in [-0.3, -0.25) is 10.1 Å². The van der Waals surface area contributed by atoms with E-state index >= 15 is 0 Å². The second-order valence-electron chi connectivity index (χ2n) is 2.73. The van der Waals surface area contributed by atoms with Gasteiger partial charge in [0.2, 0.25) is 6.04 Å². The highest BCUT2D eigenvalue weighted by molar-refractivity contribution is 5.87. The van der Waals surface area contributed by atoms with Gasteiger partial charge in [0.1, 0.15) is 5.76 Å². The van der Waals surface area contributed by atoms with Crippen LogP contribution in [0.4, 0.5) is 0 Å². The van der Waals surface area contributed by atoms with Gasteiger partial charge in [0.25, 0.3) is 0 Å². The minimum Gasteiger partial charge on any atom is -0.511 e. The number of aliphatic hydroxyl groups excluding tert-OH is 2. The van der Waals surface area contributed by atoms with E-state index in [-0.39, 0.29) is 0 Å². The van der Waals surface area contributed by atoms with Gasteiger partial charge < -0.3 is 15.3 Å². The Morgan fingerprint density at radius 1 is 1.50 bits per heavy atom. The van der Waals surface area contributed by atoms with Crippen LogP contribution in [0, 0.1) is 10.1 Å². The summed E-state index contributed by atoms with van der Waals surface area (Å²) in [4.78, 5) is 19.9. The summed E-state index contributed by atoms with van der Waals surface area (Å²) in [6.07, 6.45) is -0.408. The summed E-state index contributed by atoms with van der Waals surface area (Å²) in [5, 5.41) is 36.3. The van der Waals surface area contributed by atoms with Crippen LogP contribution >= 0.6 is 0 Å². The Hall–Kier alpha value is -1.63. The Bertz CT molecular complexity index is 271. The number of hydrogen-bond donors (Lipinski definition) is 3. The Kier molecular flexibility index (Phi) is 4.57. The van der Waals surface area contributed by atoms with Crippen LogP contribution in [0.15, 0.2) is 11.3 Å². The van der Waals surface area contributed by atoms with E-state index in [2.05, 4.69) is 0 Å². The Labute approximate surface area is 79.4 Å². The fourth-order valence-corrected chi connectivity index (χ4v) is 0.760. The normalized spacial score (nSPS) is 14.4. The fraction of sp³-hybridized carbons (Fsp3) is 0.571. The van der Waals surface area contributed by atoms with Crippen LogP contribution < -0.4 is 0 Å². The monoisotopic (exact) mass is 205 g/mol. The van der Waals surface area contributed by atoms with Crippen molar-refractivity contribution in [2.75, 3.05) is 6.61 Å². The van der Waals surface area contributed by atoms with Crippen LogP contribution in [0.25, 0.3) is 0 Å². The van der Waals surface area contributed by atoms with Gasteiger partial charge in [-0.2, -0.15) is 0 Å². The predicted octanol–water partition coefficient (Wildman–Crippen LogP) is -0.0693. The molecule has 0 spiro atoms. The molecule has 0 saturated carbocycles. The van der Waals surface area contributed by atoms with E-state index in [1.54, 1.807) is 0 Å². The third-order valence-electron chi connectivity index (χ3n) is 1.61. The summed E-state index contributed by atoms with van der Waals surface area (Å²) >= 11 is 0. The minimum absolute atomic E-state index is 0.408. The summed E-state index contributed by atoms with van der Waals surface area (Å²) in [5.74, 6) is -2.15. The van der Waals surface area contributed by atoms with E-state index < -0.39 is 41.3 Å². The molecule has 0 aliphatic rings. The zero-order valence-corrected chi connectivity index (χ0v) is 7.51. The smallest absolute Gasteiger partial charge is 0.337 e. The zero-order valence-electron chi connectivity index (χ0n) is 7.51. The first-order valence-electron chi connectivity index (χ1n) is 3.78. The molecule has 14 heavy (non-hydrogen) atoms. The molecule has 0 aromatic rings. The maximum atomic E-state index is 10.4. The highest BCUT2D eigenvalue weighted by atomic mass is 16.6. The van der Waals surface area contributed by atoms with Crippen molar-refractivity contribution in [3.63, 3.8) is 0 Å². The first-order valence-corrected chi connectivity index (χ1v) is 3.78. The van der Waals surface area contributed by atoms with Crippen LogP contribution in [-0.4, -0.2) is 38.9 Å². The van der Waals surface area contributed by atoms with Crippen molar-refractivity contribution in [3.05, 3.63) is 21.4 Å². The van der Waals surface area contributed by atoms with Gasteiger partial charge in [-0.05, 0) is 0 Å². The molecule has 80 valence electrons. The standard InChI is InChI=1S/C7H11NO6/c1-4(8(13)14)2-6(10)5(3-9)7(11)12/h4,9-10H,2-3H2,1H3,(H,11,12). The lowest BCUT2D eigenvalue weighted by molar-refractivity contribution is -0.518. The lowest BCUT2D eigenvalue weighted by Crippen LogP contribution is -2.18. The molecule has 0 aliphatic carbocycles. The number of rotatable bonds is 5. The quantitative estimate of drug-likeness (QED) is 0.250. The summed E-state index contributed by atoms with van der Waals surface area (Å²) in [6, 6.07) is -1.09. The number of carbonyl (C=O) groups is 1. The van der Waals surface area contributed by atoms with Crippen molar-refractivity contribution in [2.24, 2.45) is 0 Å². The molecule has 0 rings (SSSR count). The van der Waals surface area contributed by atoms with Gasteiger partial charge in [0.05, 0.1) is 18.6 Å². The molecule has 0 radical (unpaired) electrons. The summed E-state index contributed by atoms with van der Waals surface area (Å²) in [5.41, 5.74) is -0.612. The molecule has 0 aliphatic heterocycles. The number of carboxylic acid groups (broad SMARTS) is 1. The number of nitrogens with zero attached hydrogens (tertiary/aromatic N) is 1. The fourth-order valence-electron chi connectivity index (χ4n) is 0.760. The summed E-state index contributed by atoms with van der Waals surface area (Å²) in [7, 11) is 0. The maximum absolute atomic E-state index is 10.4. The van der Waals surface area contributed by atoms with Gasteiger partial charge in [-0.1, -0.05) is 0 Å². The van der Waals surface area contributed by atoms with E-state index in [0.717, 1.165) is 0 Å². The largest absolute Gasteiger partial charge is 0.511 e. The molecule has 0 aromatic carbocycles. The number of hydrogen-bond acceptors (Lipinski definition) is 5. The third kappa shape index (κ3) is 3.40. The molecule has 7 nitrogen and oxygen atoms in total. The number of aliphatic hydroxyl groups is 2. The zero-order chi connectivity index (χ0) is 11.3. The second-order valence-corrected chi connectivity index (χ2v) is 2.73. The van der Waals surface area contributed by atoms with E-state index in [9.17, 15) is 14.9 Å². The molecule has 0 fully saturated rings. The van der Waals surface area contributed by atoms with Gasteiger partial charge >= 0.3 is 5.97 Å². The average Bonchev–Trinajstić information content (AvgIpc) is 2.04. The lowest BCUT2D eigenvalue weighted by Gasteiger charge is -2.05. The number of carboxylic acids is 1. The summed E-state index contributed by atoms with van der Waals surface area (Å²) < 4.78 is 0. The topological polar surface area (TPSA) is 121 Å². The molecule has 0 bridgehead atoms. The van der Waals surface area contributed by atoms with Crippen molar-refractivity contribution in [1.29, 1.82) is 0 Å². The molecule has 0 saturated heterocycles. The molecule has 0 heterocycles. The summed E-state index contributed by atoms with van der Waals surface area (Å²) in [6.45, 7) is 0.374. The predicted molar refractivity (Wildman–Crippen MR) is 45.4 cm³/mol. The molecule has 1 atom stereocenters. The Morgan fingerprint density at radius 3 is 2.29 bits per heavy atom. The van der Waals surface area contributed by atoms with Gasteiger partial charge in [0.15, 0.2) is 0 Å². The molecule has 0 aromatic heterocycles. The van der Waals surface area contributed by atoms with E-state index in [1.165, 1.54) is 6.92 Å². The van der Waals surface area contributed by atoms with Crippen LogP contribution in [0.2, 0.25) is 0 Å². The number of nitro groups is 1. The van der Waals surface area contributed by atoms with Gasteiger partial charge in [-0.15, -0.1) is 0 Å². The van der Waals surface area contributed by atoms with E-state index in [4.69, 9.17) is 15.3 Å². The maximum Gasteiger partial charge on any atom is 0.337 e. The molecule has 1 unspecified atom stereocenters. The van der Waals surface area contributed by atoms with Crippen molar-refractivity contribution in [2.45, 2.75) is 19.4 Å². The first-order chi connectivity index (χ1) is 6.40. The van der Waals surface area contributed by atoms with Crippen molar-refractivity contribution in [1.82, 2.24) is 0 Å². The van der Waals surface area contributed by atoms with Crippen molar-refractivity contribution >= 4 is 5.97 Å². The molecule has 3 N–H and O–H groups in total. The van der Waals surface area contributed by atoms with Crippen molar-refractivity contribution in [3.8, 4) is 0 Å². The molecular formula is C7H11NO6. The van der Waals surface area contributed by atoms with Crippen LogP contribution in [0.5, 0.6) is 0 Å². The first kappa shape index (κ1) is 12.4. The minimum atomic E-state index is -1.49. The van der Waals surface area contributed by atoms with E-state index in [1.807, 2.05) is 0 Å². The number of aliphatic carboxylic acids is 1. The third-order valence-corrected chi connectivity index (χ3v) is 1.61. The highest BCUT2D eigenvalue weighted by Crippen LogP contribution is 2.10. The molecular weight excluding hydrogens is 194 g/mol. The lowest BCUT2D eigenvalue weighted by atomic mass is 10.1. The Balaban J connectivity index is 4.64. The van der Waals surface area contributed by atoms with Crippen LogP contribution in [-0.2, 0) is 4.79 Å². The van der Waals surface area contributed by atoms with Crippen LogP contribution in [0.3, 0.4) is 0 Å².